The van der Waals surface area contributed by atoms with Crippen molar-refractivity contribution in [1.82, 2.24) is 0 Å². The summed E-state index contributed by atoms with van der Waals surface area (Å²) in [7, 11) is 0. The predicted molar refractivity (Wildman–Crippen MR) is 94.3 cm³/mol. The van der Waals surface area contributed by atoms with Gasteiger partial charge < -0.3 is 0 Å². The van der Waals surface area contributed by atoms with E-state index in [1.165, 1.54) is 42.4 Å². The molecular formula is C22H22N+. The summed E-state index contributed by atoms with van der Waals surface area (Å²) in [6, 6.07) is 21.8. The zero-order valence-corrected chi connectivity index (χ0v) is 13.4. The van der Waals surface area contributed by atoms with Crippen LogP contribution in [-0.4, -0.2) is 0 Å². The Morgan fingerprint density at radius 1 is 0.696 bits per heavy atom. The van der Waals surface area contributed by atoms with Crippen molar-refractivity contribution in [3.63, 3.8) is 0 Å². The number of fused-ring (bicyclic) bond motifs is 1. The molecular weight excluding hydrogens is 278 g/mol. The normalized spacial score (nSPS) is 13.6. The fourth-order valence-electron chi connectivity index (χ4n) is 3.46. The Balaban J connectivity index is 1.53. The van der Waals surface area contributed by atoms with Crippen LogP contribution >= 0.6 is 0 Å². The molecule has 1 heterocycles. The van der Waals surface area contributed by atoms with Gasteiger partial charge in [0.25, 0.3) is 0 Å². The number of benzene rings is 2. The summed E-state index contributed by atoms with van der Waals surface area (Å²) < 4.78 is 2.32. The highest BCUT2D eigenvalue weighted by Gasteiger charge is 2.13. The second-order valence-corrected chi connectivity index (χ2v) is 6.44. The smallest absolute Gasteiger partial charge is 0.173 e. The van der Waals surface area contributed by atoms with Crippen LogP contribution < -0.4 is 4.57 Å². The molecule has 0 fully saturated rings. The first-order chi connectivity index (χ1) is 11.4. The molecule has 0 N–H and O–H groups in total. The molecule has 0 amide bonds. The molecule has 0 bridgehead atoms. The summed E-state index contributed by atoms with van der Waals surface area (Å²) in [5, 5.41) is 0. The maximum atomic E-state index is 2.35. The fourth-order valence-corrected chi connectivity index (χ4v) is 3.46. The van der Waals surface area contributed by atoms with Crippen LogP contribution in [0.15, 0.2) is 73.1 Å². The zero-order valence-electron chi connectivity index (χ0n) is 13.4. The summed E-state index contributed by atoms with van der Waals surface area (Å²) in [5.74, 6) is 0. The van der Waals surface area contributed by atoms with E-state index in [4.69, 9.17) is 0 Å². The molecule has 1 nitrogen and oxygen atoms in total. The summed E-state index contributed by atoms with van der Waals surface area (Å²) >= 11 is 0. The van der Waals surface area contributed by atoms with Crippen LogP contribution in [0.2, 0.25) is 0 Å². The monoisotopic (exact) mass is 300 g/mol. The van der Waals surface area contributed by atoms with Crippen molar-refractivity contribution in [3.05, 3.63) is 89.7 Å². The summed E-state index contributed by atoms with van der Waals surface area (Å²) in [6.07, 6.45) is 9.75. The average molecular weight is 300 g/mol. The minimum atomic E-state index is 0.947. The van der Waals surface area contributed by atoms with Gasteiger partial charge in [0.15, 0.2) is 18.9 Å². The molecule has 0 aliphatic heterocycles. The van der Waals surface area contributed by atoms with E-state index in [9.17, 15) is 0 Å². The van der Waals surface area contributed by atoms with Gasteiger partial charge in [0, 0.05) is 17.2 Å². The van der Waals surface area contributed by atoms with Gasteiger partial charge in [0.05, 0.1) is 0 Å². The number of aromatic nitrogens is 1. The first-order valence-electron chi connectivity index (χ1n) is 8.54. The molecule has 0 spiro atoms. The molecule has 1 aromatic heterocycles. The summed E-state index contributed by atoms with van der Waals surface area (Å²) in [4.78, 5) is 0. The van der Waals surface area contributed by atoms with Gasteiger partial charge in [-0.1, -0.05) is 54.6 Å². The van der Waals surface area contributed by atoms with Crippen LogP contribution in [0.5, 0.6) is 0 Å². The second kappa shape index (κ2) is 6.37. The van der Waals surface area contributed by atoms with Crippen molar-refractivity contribution in [3.8, 4) is 11.1 Å². The molecule has 0 radical (unpaired) electrons. The highest BCUT2D eigenvalue weighted by molar-refractivity contribution is 5.63. The summed E-state index contributed by atoms with van der Waals surface area (Å²) in [6.45, 7) is 0.947. The lowest BCUT2D eigenvalue weighted by atomic mass is 9.93. The maximum Gasteiger partial charge on any atom is 0.173 e. The Morgan fingerprint density at radius 3 is 2.17 bits per heavy atom. The van der Waals surface area contributed by atoms with E-state index < -0.39 is 0 Å². The van der Waals surface area contributed by atoms with Crippen LogP contribution in [0.25, 0.3) is 11.1 Å². The van der Waals surface area contributed by atoms with Crippen LogP contribution in [0.4, 0.5) is 0 Å². The molecule has 3 aromatic rings. The minimum Gasteiger partial charge on any atom is -0.200 e. The van der Waals surface area contributed by atoms with E-state index in [1.54, 1.807) is 11.1 Å². The van der Waals surface area contributed by atoms with Crippen molar-refractivity contribution < 1.29 is 4.57 Å². The van der Waals surface area contributed by atoms with Gasteiger partial charge in [-0.3, -0.25) is 0 Å². The number of hydrogen-bond donors (Lipinski definition) is 0. The van der Waals surface area contributed by atoms with Crippen molar-refractivity contribution in [2.45, 2.75) is 32.2 Å². The lowest BCUT2D eigenvalue weighted by molar-refractivity contribution is -0.688. The molecule has 1 aliphatic carbocycles. The molecule has 0 atom stereocenters. The fraction of sp³-hybridized carbons (Fsp3) is 0.227. The maximum absolute atomic E-state index is 2.35. The molecule has 1 aliphatic rings. The highest BCUT2D eigenvalue weighted by Crippen LogP contribution is 2.20. The van der Waals surface area contributed by atoms with E-state index in [2.05, 4.69) is 77.6 Å². The van der Waals surface area contributed by atoms with E-state index in [1.807, 2.05) is 0 Å². The third-order valence-corrected chi connectivity index (χ3v) is 4.77. The molecule has 4 rings (SSSR count). The number of rotatable bonds is 3. The van der Waals surface area contributed by atoms with E-state index >= 15 is 0 Å². The van der Waals surface area contributed by atoms with Gasteiger partial charge in [0.2, 0.25) is 0 Å². The van der Waals surface area contributed by atoms with Crippen molar-refractivity contribution >= 4 is 0 Å². The Labute approximate surface area is 138 Å². The second-order valence-electron chi connectivity index (χ2n) is 6.44. The summed E-state index contributed by atoms with van der Waals surface area (Å²) in [5.41, 5.74) is 7.00. The van der Waals surface area contributed by atoms with Crippen LogP contribution in [-0.2, 0) is 19.4 Å². The Kier molecular flexibility index (Phi) is 3.94. The largest absolute Gasteiger partial charge is 0.200 e. The van der Waals surface area contributed by atoms with Gasteiger partial charge in [0.1, 0.15) is 0 Å². The number of hydrogen-bond acceptors (Lipinski definition) is 0. The quantitative estimate of drug-likeness (QED) is 0.624. The first-order valence-corrected chi connectivity index (χ1v) is 8.54. The third kappa shape index (κ3) is 3.19. The molecule has 1 heteroatoms. The zero-order chi connectivity index (χ0) is 15.5. The Bertz CT molecular complexity index is 788. The number of nitrogens with zero attached hydrogens (tertiary/aromatic N) is 1. The van der Waals surface area contributed by atoms with Crippen molar-refractivity contribution in [1.29, 1.82) is 0 Å². The molecule has 2 aromatic carbocycles. The van der Waals surface area contributed by atoms with Crippen molar-refractivity contribution in [2.24, 2.45) is 0 Å². The molecule has 114 valence electrons. The van der Waals surface area contributed by atoms with Gasteiger partial charge >= 0.3 is 0 Å². The first kappa shape index (κ1) is 14.2. The lowest BCUT2D eigenvalue weighted by Gasteiger charge is -2.13. The Morgan fingerprint density at radius 2 is 1.39 bits per heavy atom. The van der Waals surface area contributed by atoms with Crippen LogP contribution in [0, 0.1) is 0 Å². The topological polar surface area (TPSA) is 3.88 Å². The predicted octanol–water partition coefficient (Wildman–Crippen LogP) is 4.57. The Hall–Kier alpha value is -2.41. The third-order valence-electron chi connectivity index (χ3n) is 4.77. The van der Waals surface area contributed by atoms with E-state index in [0.717, 1.165) is 6.54 Å². The lowest BCUT2D eigenvalue weighted by Crippen LogP contribution is -2.34. The number of pyridine rings is 1. The van der Waals surface area contributed by atoms with Crippen LogP contribution in [0.3, 0.4) is 0 Å². The highest BCUT2D eigenvalue weighted by atomic mass is 14.9. The van der Waals surface area contributed by atoms with Gasteiger partial charge in [-0.05, 0) is 42.4 Å². The molecule has 0 unspecified atom stereocenters. The van der Waals surface area contributed by atoms with Crippen LogP contribution in [0.1, 0.15) is 29.5 Å². The minimum absolute atomic E-state index is 0.947. The SMILES string of the molecule is c1ccc(-c2ccc(C[n+]3ccc4c(c3)CCCC4)cc2)cc1. The van der Waals surface area contributed by atoms with Gasteiger partial charge in [-0.25, -0.2) is 4.57 Å². The number of aryl methyl sites for hydroxylation is 2. The van der Waals surface area contributed by atoms with E-state index in [-0.39, 0.29) is 0 Å². The molecule has 0 saturated carbocycles. The van der Waals surface area contributed by atoms with Gasteiger partial charge in [-0.2, -0.15) is 0 Å². The van der Waals surface area contributed by atoms with Crippen molar-refractivity contribution in [2.75, 3.05) is 0 Å². The average Bonchev–Trinajstić information content (AvgIpc) is 2.63. The van der Waals surface area contributed by atoms with Gasteiger partial charge in [-0.15, -0.1) is 0 Å². The molecule has 0 saturated heterocycles. The van der Waals surface area contributed by atoms with E-state index in [0.29, 0.717) is 0 Å². The standard InChI is InChI=1S/C22H22N/c1-2-6-19(7-3-1)21-12-10-18(11-13-21)16-23-15-14-20-8-4-5-9-22(20)17-23/h1-3,6-7,10-15,17H,4-5,8-9,16H2/q+1. The molecule has 23 heavy (non-hydrogen) atoms.